The fourth-order valence-corrected chi connectivity index (χ4v) is 3.63. The molecule has 0 fully saturated rings. The number of hydrogen-bond donors (Lipinski definition) is 3. The number of aryl methyl sites for hydroxylation is 1. The van der Waals surface area contributed by atoms with E-state index in [2.05, 4.69) is 39.0 Å². The van der Waals surface area contributed by atoms with Gasteiger partial charge in [-0.1, -0.05) is 55.5 Å². The van der Waals surface area contributed by atoms with Crippen molar-refractivity contribution in [1.82, 2.24) is 16.2 Å². The zero-order chi connectivity index (χ0) is 22.9. The Morgan fingerprint density at radius 1 is 1.06 bits per heavy atom. The highest BCUT2D eigenvalue weighted by molar-refractivity contribution is 9.10. The Bertz CT molecular complexity index is 1170. The second kappa shape index (κ2) is 11.4. The molecule has 0 aliphatic rings. The Kier molecular flexibility index (Phi) is 8.35. The van der Waals surface area contributed by atoms with Crippen LogP contribution in [0.5, 0.6) is 5.75 Å². The summed E-state index contributed by atoms with van der Waals surface area (Å²) < 4.78 is 6.27. The summed E-state index contributed by atoms with van der Waals surface area (Å²) in [4.78, 5) is 24.1. The van der Waals surface area contributed by atoms with Crippen LogP contribution in [-0.4, -0.2) is 23.5 Å². The van der Waals surface area contributed by atoms with E-state index in [1.807, 2.05) is 54.6 Å². The lowest BCUT2D eigenvalue weighted by molar-refractivity contribution is -0.123. The predicted octanol–water partition coefficient (Wildman–Crippen LogP) is 4.28. The van der Waals surface area contributed by atoms with Gasteiger partial charge in [0.1, 0.15) is 5.75 Å². The van der Waals surface area contributed by atoms with Crippen LogP contribution < -0.4 is 20.9 Å². The Balaban J connectivity index is 1.44. The average molecular weight is 512 g/mol. The van der Waals surface area contributed by atoms with E-state index >= 15 is 0 Å². The molecule has 0 unspecified atom stereocenters. The van der Waals surface area contributed by atoms with Crippen LogP contribution >= 0.6 is 28.1 Å². The Hall–Kier alpha value is -3.23. The molecule has 0 radical (unpaired) electrons. The van der Waals surface area contributed by atoms with Crippen LogP contribution in [-0.2, 0) is 16.0 Å². The number of carbonyl (C=O) groups is 2. The Morgan fingerprint density at radius 3 is 2.62 bits per heavy atom. The van der Waals surface area contributed by atoms with E-state index in [-0.39, 0.29) is 11.7 Å². The minimum atomic E-state index is -0.445. The summed E-state index contributed by atoms with van der Waals surface area (Å²) in [5, 5.41) is 4.59. The maximum absolute atomic E-state index is 12.1. The van der Waals surface area contributed by atoms with Gasteiger partial charge >= 0.3 is 0 Å². The molecule has 3 aromatic carbocycles. The van der Waals surface area contributed by atoms with Crippen molar-refractivity contribution in [2.45, 2.75) is 13.3 Å². The third-order valence-electron chi connectivity index (χ3n) is 4.55. The molecular weight excluding hydrogens is 490 g/mol. The minimum absolute atomic E-state index is 0.0283. The summed E-state index contributed by atoms with van der Waals surface area (Å²) in [6, 6.07) is 19.5. The third-order valence-corrected chi connectivity index (χ3v) is 5.38. The molecule has 0 aliphatic heterocycles. The Morgan fingerprint density at radius 2 is 1.84 bits per heavy atom. The second-order valence-electron chi connectivity index (χ2n) is 6.80. The number of thiocarbonyl (C=S) groups is 1. The fraction of sp³-hybridized carbons (Fsp3) is 0.125. The number of carbonyl (C=O) groups excluding carboxylic acids is 2. The first-order chi connectivity index (χ1) is 15.5. The first-order valence-electron chi connectivity index (χ1n) is 9.93. The molecule has 3 rings (SSSR count). The molecule has 3 aromatic rings. The number of fused-ring (bicyclic) bond motifs is 1. The first-order valence-corrected chi connectivity index (χ1v) is 11.1. The standard InChI is InChI=1S/C24H22BrN3O3S/c1-2-16-10-12-21(20(25)14-16)31-15-23(30)27-28-24(32)26-22(29)13-11-18-8-5-7-17-6-3-4-9-19(17)18/h3-14H,2,15H2,1H3,(H,27,30)(H2,26,28,29,32)/b13-11+. The molecule has 0 bridgehead atoms. The molecule has 8 heteroatoms. The first kappa shape index (κ1) is 23.4. The number of hydrazine groups is 1. The molecule has 164 valence electrons. The van der Waals surface area contributed by atoms with Crippen LogP contribution in [0.3, 0.4) is 0 Å². The number of benzene rings is 3. The van der Waals surface area contributed by atoms with Gasteiger partial charge in [-0.15, -0.1) is 0 Å². The van der Waals surface area contributed by atoms with Crippen molar-refractivity contribution in [3.8, 4) is 5.75 Å². The topological polar surface area (TPSA) is 79.5 Å². The van der Waals surface area contributed by atoms with Crippen LogP contribution in [0.25, 0.3) is 16.8 Å². The molecule has 6 nitrogen and oxygen atoms in total. The normalized spacial score (nSPS) is 10.7. The van der Waals surface area contributed by atoms with Gasteiger partial charge in [0.2, 0.25) is 5.91 Å². The quantitative estimate of drug-likeness (QED) is 0.261. The van der Waals surface area contributed by atoms with Crippen molar-refractivity contribution in [1.29, 1.82) is 0 Å². The van der Waals surface area contributed by atoms with E-state index in [0.717, 1.165) is 32.8 Å². The van der Waals surface area contributed by atoms with Gasteiger partial charge in [-0.25, -0.2) is 0 Å². The molecule has 0 aliphatic carbocycles. The fourth-order valence-electron chi connectivity index (χ4n) is 2.93. The summed E-state index contributed by atoms with van der Waals surface area (Å²) in [5.74, 6) is -0.299. The molecular formula is C24H22BrN3O3S. The van der Waals surface area contributed by atoms with Gasteiger partial charge in [-0.05, 0) is 74.7 Å². The zero-order valence-corrected chi connectivity index (χ0v) is 19.8. The molecule has 3 N–H and O–H groups in total. The van der Waals surface area contributed by atoms with Gasteiger partial charge in [0.25, 0.3) is 5.91 Å². The number of nitrogens with one attached hydrogen (secondary N) is 3. The van der Waals surface area contributed by atoms with E-state index in [9.17, 15) is 9.59 Å². The van der Waals surface area contributed by atoms with Crippen molar-refractivity contribution in [3.05, 3.63) is 82.3 Å². The number of rotatable bonds is 6. The molecule has 0 atom stereocenters. The number of hydrogen-bond acceptors (Lipinski definition) is 4. The SMILES string of the molecule is CCc1ccc(OCC(=O)NNC(=S)NC(=O)/C=C/c2cccc3ccccc23)c(Br)c1. The average Bonchev–Trinajstić information content (AvgIpc) is 2.80. The zero-order valence-electron chi connectivity index (χ0n) is 17.4. The maximum Gasteiger partial charge on any atom is 0.276 e. The maximum atomic E-state index is 12.1. The van der Waals surface area contributed by atoms with Gasteiger partial charge in [0, 0.05) is 6.08 Å². The van der Waals surface area contributed by atoms with E-state index < -0.39 is 11.8 Å². The van der Waals surface area contributed by atoms with Crippen LogP contribution in [0, 0.1) is 0 Å². The lowest BCUT2D eigenvalue weighted by atomic mass is 10.0. The number of ether oxygens (including phenoxy) is 1. The summed E-state index contributed by atoms with van der Waals surface area (Å²) in [6.45, 7) is 1.84. The lowest BCUT2D eigenvalue weighted by Crippen LogP contribution is -2.49. The van der Waals surface area contributed by atoms with Crippen LogP contribution in [0.2, 0.25) is 0 Å². The van der Waals surface area contributed by atoms with E-state index in [4.69, 9.17) is 17.0 Å². The van der Waals surface area contributed by atoms with Gasteiger partial charge in [-0.3, -0.25) is 25.8 Å². The van der Waals surface area contributed by atoms with Crippen molar-refractivity contribution >= 4 is 61.9 Å². The third kappa shape index (κ3) is 6.63. The van der Waals surface area contributed by atoms with Crippen molar-refractivity contribution in [2.24, 2.45) is 0 Å². The lowest BCUT2D eigenvalue weighted by Gasteiger charge is -2.11. The predicted molar refractivity (Wildman–Crippen MR) is 134 cm³/mol. The second-order valence-corrected chi connectivity index (χ2v) is 8.06. The van der Waals surface area contributed by atoms with Crippen molar-refractivity contribution in [3.63, 3.8) is 0 Å². The smallest absolute Gasteiger partial charge is 0.276 e. The molecule has 2 amide bonds. The highest BCUT2D eigenvalue weighted by Gasteiger charge is 2.08. The number of amides is 2. The van der Waals surface area contributed by atoms with Gasteiger partial charge in [0.15, 0.2) is 11.7 Å². The molecule has 32 heavy (non-hydrogen) atoms. The summed E-state index contributed by atoms with van der Waals surface area (Å²) in [6.07, 6.45) is 4.01. The summed E-state index contributed by atoms with van der Waals surface area (Å²) >= 11 is 8.47. The van der Waals surface area contributed by atoms with Gasteiger partial charge in [0.05, 0.1) is 4.47 Å². The molecule has 0 spiro atoms. The highest BCUT2D eigenvalue weighted by atomic mass is 79.9. The highest BCUT2D eigenvalue weighted by Crippen LogP contribution is 2.26. The number of halogens is 1. The van der Waals surface area contributed by atoms with Gasteiger partial charge < -0.3 is 4.74 Å². The molecule has 0 saturated heterocycles. The van der Waals surface area contributed by atoms with E-state index in [0.29, 0.717) is 5.75 Å². The molecule has 0 heterocycles. The summed E-state index contributed by atoms with van der Waals surface area (Å²) in [5.41, 5.74) is 6.95. The monoisotopic (exact) mass is 511 g/mol. The van der Waals surface area contributed by atoms with Crippen LogP contribution in [0.4, 0.5) is 0 Å². The van der Waals surface area contributed by atoms with Crippen molar-refractivity contribution < 1.29 is 14.3 Å². The Labute approximate surface area is 200 Å². The van der Waals surface area contributed by atoms with Crippen molar-refractivity contribution in [2.75, 3.05) is 6.61 Å². The van der Waals surface area contributed by atoms with E-state index in [1.165, 1.54) is 6.08 Å². The largest absolute Gasteiger partial charge is 0.483 e. The summed E-state index contributed by atoms with van der Waals surface area (Å²) in [7, 11) is 0. The molecule has 0 saturated carbocycles. The van der Waals surface area contributed by atoms with Crippen LogP contribution in [0.1, 0.15) is 18.1 Å². The van der Waals surface area contributed by atoms with Gasteiger partial charge in [-0.2, -0.15) is 0 Å². The van der Waals surface area contributed by atoms with Crippen LogP contribution in [0.15, 0.2) is 71.2 Å². The van der Waals surface area contributed by atoms with E-state index in [1.54, 1.807) is 12.1 Å². The molecule has 0 aromatic heterocycles. The minimum Gasteiger partial charge on any atom is -0.483 e.